The normalized spacial score (nSPS) is 42.5. The summed E-state index contributed by atoms with van der Waals surface area (Å²) in [5.41, 5.74) is 1.91. The van der Waals surface area contributed by atoms with Crippen molar-refractivity contribution < 1.29 is 15.0 Å². The number of rotatable bonds is 6. The molecule has 1 aromatic rings. The Bertz CT molecular complexity index is 1020. The Morgan fingerprint density at radius 2 is 1.62 bits per heavy atom. The summed E-state index contributed by atoms with van der Waals surface area (Å²) in [5, 5.41) is 21.9. The van der Waals surface area contributed by atoms with Crippen molar-refractivity contribution in [2.75, 3.05) is 26.2 Å². The number of amides is 1. The van der Waals surface area contributed by atoms with Crippen molar-refractivity contribution in [3.05, 3.63) is 35.9 Å². The van der Waals surface area contributed by atoms with Crippen LogP contribution in [0, 0.1) is 46.3 Å². The molecule has 5 fully saturated rings. The van der Waals surface area contributed by atoms with Gasteiger partial charge < -0.3 is 15.1 Å². The Balaban J connectivity index is 1.03. The number of aliphatic hydroxyl groups excluding tert-OH is 2. The van der Waals surface area contributed by atoms with Gasteiger partial charge in [-0.2, -0.15) is 0 Å². The monoisotopic (exact) mass is 550 g/mol. The van der Waals surface area contributed by atoms with Crippen LogP contribution in [0.1, 0.15) is 90.5 Å². The topological polar surface area (TPSA) is 64.0 Å². The Labute approximate surface area is 242 Å². The molecule has 0 aromatic heterocycles. The molecule has 0 unspecified atom stereocenters. The summed E-state index contributed by atoms with van der Waals surface area (Å²) < 4.78 is 0. The average molecular weight is 551 g/mol. The van der Waals surface area contributed by atoms with E-state index in [2.05, 4.69) is 60.9 Å². The molecule has 222 valence electrons. The van der Waals surface area contributed by atoms with Gasteiger partial charge in [-0.25, -0.2) is 0 Å². The van der Waals surface area contributed by atoms with Gasteiger partial charge in [0.15, 0.2) is 0 Å². The smallest absolute Gasteiger partial charge is 0.222 e. The Morgan fingerprint density at radius 3 is 2.38 bits per heavy atom. The van der Waals surface area contributed by atoms with E-state index in [1.165, 1.54) is 31.2 Å². The first-order chi connectivity index (χ1) is 19.2. The number of fused-ring (bicyclic) bond motifs is 5. The highest BCUT2D eigenvalue weighted by atomic mass is 16.3. The zero-order chi connectivity index (χ0) is 28.1. The van der Waals surface area contributed by atoms with Gasteiger partial charge in [-0.05, 0) is 110 Å². The molecule has 5 aliphatic rings. The molecule has 10 atom stereocenters. The second-order valence-electron chi connectivity index (χ2n) is 15.1. The lowest BCUT2D eigenvalue weighted by Gasteiger charge is -2.62. The number of nitrogens with zero attached hydrogens (tertiary/aromatic N) is 2. The quantitative estimate of drug-likeness (QED) is 0.474. The van der Waals surface area contributed by atoms with E-state index >= 15 is 0 Å². The summed E-state index contributed by atoms with van der Waals surface area (Å²) in [6.45, 7) is 12.0. The van der Waals surface area contributed by atoms with E-state index in [1.807, 2.05) is 0 Å². The summed E-state index contributed by atoms with van der Waals surface area (Å²) in [6, 6.07) is 10.6. The average Bonchev–Trinajstić information content (AvgIpc) is 3.31. The number of aliphatic hydroxyl groups is 2. The van der Waals surface area contributed by atoms with Crippen molar-refractivity contribution in [1.29, 1.82) is 0 Å². The summed E-state index contributed by atoms with van der Waals surface area (Å²) in [6.07, 6.45) is 10.1. The largest absolute Gasteiger partial charge is 0.393 e. The fraction of sp³-hybridized carbons (Fsp3) is 0.800. The number of carbonyl (C=O) groups is 1. The number of hydrogen-bond donors (Lipinski definition) is 2. The maximum Gasteiger partial charge on any atom is 0.222 e. The van der Waals surface area contributed by atoms with Gasteiger partial charge in [-0.1, -0.05) is 51.1 Å². The van der Waals surface area contributed by atoms with Crippen LogP contribution in [-0.2, 0) is 11.3 Å². The minimum Gasteiger partial charge on any atom is -0.393 e. The van der Waals surface area contributed by atoms with Crippen molar-refractivity contribution in [2.24, 2.45) is 46.3 Å². The molecule has 40 heavy (non-hydrogen) atoms. The van der Waals surface area contributed by atoms with Gasteiger partial charge in [0.2, 0.25) is 5.91 Å². The highest BCUT2D eigenvalue weighted by molar-refractivity contribution is 5.76. The van der Waals surface area contributed by atoms with Gasteiger partial charge >= 0.3 is 0 Å². The lowest BCUT2D eigenvalue weighted by atomic mass is 9.43. The molecule has 1 heterocycles. The third kappa shape index (κ3) is 5.17. The van der Waals surface area contributed by atoms with Gasteiger partial charge in [0.1, 0.15) is 0 Å². The van der Waals surface area contributed by atoms with Gasteiger partial charge in [0.05, 0.1) is 12.2 Å². The molecule has 4 aliphatic carbocycles. The molecule has 0 spiro atoms. The zero-order valence-corrected chi connectivity index (χ0v) is 25.3. The van der Waals surface area contributed by atoms with Crippen LogP contribution < -0.4 is 0 Å². The third-order valence-corrected chi connectivity index (χ3v) is 13.2. The molecular formula is C35H54N2O3. The standard InChI is InChI=1S/C35H54N2O3/c1-24(9-12-32(40)37-19-17-36(18-20-37)23-25-7-5-4-6-8-25)28-10-11-29-33-30(14-16-35(28,29)3)34(2)15-13-27(38)21-26(34)22-31(33)39/h4-8,24,26-31,33,38-39H,9-23H2,1-3H3/t24-,26+,27-,28-,29+,30+,31-,33+,34+,35-/m1/s1. The molecule has 5 heteroatoms. The number of carbonyl (C=O) groups excluding carboxylic acids is 1. The number of benzene rings is 1. The molecular weight excluding hydrogens is 496 g/mol. The molecule has 1 aromatic carbocycles. The second-order valence-corrected chi connectivity index (χ2v) is 15.1. The number of hydrogen-bond acceptors (Lipinski definition) is 4. The first-order valence-electron chi connectivity index (χ1n) is 16.6. The summed E-state index contributed by atoms with van der Waals surface area (Å²) in [7, 11) is 0. The predicted molar refractivity (Wildman–Crippen MR) is 159 cm³/mol. The lowest BCUT2D eigenvalue weighted by molar-refractivity contribution is -0.174. The van der Waals surface area contributed by atoms with Crippen LogP contribution >= 0.6 is 0 Å². The van der Waals surface area contributed by atoms with E-state index in [1.54, 1.807) is 0 Å². The zero-order valence-electron chi connectivity index (χ0n) is 25.3. The van der Waals surface area contributed by atoms with Crippen LogP contribution in [0.2, 0.25) is 0 Å². The van der Waals surface area contributed by atoms with Crippen LogP contribution in [-0.4, -0.2) is 64.3 Å². The first kappa shape index (κ1) is 28.7. The fourth-order valence-electron chi connectivity index (χ4n) is 10.9. The molecule has 2 N–H and O–H groups in total. The van der Waals surface area contributed by atoms with Crippen LogP contribution in [0.15, 0.2) is 30.3 Å². The van der Waals surface area contributed by atoms with E-state index in [9.17, 15) is 15.0 Å². The van der Waals surface area contributed by atoms with Crippen molar-refractivity contribution in [2.45, 2.75) is 104 Å². The Kier molecular flexibility index (Phi) is 8.13. The molecule has 6 rings (SSSR count). The van der Waals surface area contributed by atoms with Crippen molar-refractivity contribution in [1.82, 2.24) is 9.80 Å². The van der Waals surface area contributed by atoms with E-state index in [0.717, 1.165) is 64.8 Å². The number of piperazine rings is 1. The van der Waals surface area contributed by atoms with E-state index in [0.29, 0.717) is 47.8 Å². The van der Waals surface area contributed by atoms with Gasteiger partial charge in [-0.3, -0.25) is 9.69 Å². The first-order valence-corrected chi connectivity index (χ1v) is 16.6. The summed E-state index contributed by atoms with van der Waals surface area (Å²) in [4.78, 5) is 17.8. The Morgan fingerprint density at radius 1 is 0.925 bits per heavy atom. The fourth-order valence-corrected chi connectivity index (χ4v) is 10.9. The molecule has 5 nitrogen and oxygen atoms in total. The predicted octanol–water partition coefficient (Wildman–Crippen LogP) is 5.74. The lowest BCUT2D eigenvalue weighted by Crippen LogP contribution is -2.58. The third-order valence-electron chi connectivity index (χ3n) is 13.2. The maximum absolute atomic E-state index is 13.2. The minimum absolute atomic E-state index is 0.173. The molecule has 1 saturated heterocycles. The SMILES string of the molecule is C[C@H](CCC(=O)N1CCN(Cc2ccccc2)CC1)[C@H]1CC[C@H]2[C@@H]3[C@H](O)C[C@@H]4C[C@H](O)CC[C@]4(C)[C@H]3CC[C@]12C. The highest BCUT2D eigenvalue weighted by Gasteiger charge is 2.62. The van der Waals surface area contributed by atoms with E-state index in [-0.39, 0.29) is 23.0 Å². The molecule has 1 aliphatic heterocycles. The van der Waals surface area contributed by atoms with Gasteiger partial charge in [0.25, 0.3) is 0 Å². The van der Waals surface area contributed by atoms with Crippen LogP contribution in [0.4, 0.5) is 0 Å². The van der Waals surface area contributed by atoms with E-state index in [4.69, 9.17) is 0 Å². The van der Waals surface area contributed by atoms with E-state index < -0.39 is 0 Å². The summed E-state index contributed by atoms with van der Waals surface area (Å²) >= 11 is 0. The second kappa shape index (κ2) is 11.3. The Hall–Kier alpha value is -1.43. The molecule has 0 radical (unpaired) electrons. The minimum atomic E-state index is -0.214. The van der Waals surface area contributed by atoms with Crippen molar-refractivity contribution >= 4 is 5.91 Å². The van der Waals surface area contributed by atoms with Gasteiger partial charge in [-0.15, -0.1) is 0 Å². The molecule has 0 bridgehead atoms. The van der Waals surface area contributed by atoms with Crippen LogP contribution in [0.25, 0.3) is 0 Å². The van der Waals surface area contributed by atoms with Crippen molar-refractivity contribution in [3.63, 3.8) is 0 Å². The highest BCUT2D eigenvalue weighted by Crippen LogP contribution is 2.68. The molecule has 1 amide bonds. The summed E-state index contributed by atoms with van der Waals surface area (Å²) in [5.74, 6) is 3.63. The molecule has 4 saturated carbocycles. The maximum atomic E-state index is 13.2. The van der Waals surface area contributed by atoms with Crippen molar-refractivity contribution in [3.8, 4) is 0 Å². The van der Waals surface area contributed by atoms with Crippen LogP contribution in [0.5, 0.6) is 0 Å². The van der Waals surface area contributed by atoms with Gasteiger partial charge in [0, 0.05) is 39.1 Å². The van der Waals surface area contributed by atoms with Crippen LogP contribution in [0.3, 0.4) is 0 Å².